The smallest absolute Gasteiger partial charge is 0.411 e. The standard InChI is InChI=1S/C27H38N2O5/c1-5-6-7-8-12-16-32-22-18-23(29(19-22)26(31)34-27(2,3)4)25(30)28-15-17-33-24(20-28)21-13-10-9-11-14-21/h1,9-11,13-14,22-24H,6-8,12,15-20H2,2-4H3/t22-,23-,24-/m0/s1. The van der Waals surface area contributed by atoms with Crippen LogP contribution < -0.4 is 0 Å². The minimum absolute atomic E-state index is 0.0739. The van der Waals surface area contributed by atoms with E-state index in [1.807, 2.05) is 56.0 Å². The third-order valence-electron chi connectivity index (χ3n) is 6.04. The lowest BCUT2D eigenvalue weighted by atomic mass is 10.1. The molecule has 34 heavy (non-hydrogen) atoms. The van der Waals surface area contributed by atoms with Crippen LogP contribution in [-0.2, 0) is 19.0 Å². The molecule has 1 aromatic rings. The van der Waals surface area contributed by atoms with E-state index in [9.17, 15) is 9.59 Å². The molecule has 0 aromatic heterocycles. The van der Waals surface area contributed by atoms with Crippen molar-refractivity contribution in [2.45, 2.75) is 76.7 Å². The summed E-state index contributed by atoms with van der Waals surface area (Å²) in [7, 11) is 0. The number of terminal acetylenes is 1. The van der Waals surface area contributed by atoms with Gasteiger partial charge in [0.15, 0.2) is 0 Å². The number of unbranched alkanes of at least 4 members (excludes halogenated alkanes) is 3. The Bertz CT molecular complexity index is 845. The van der Waals surface area contributed by atoms with Crippen molar-refractivity contribution < 1.29 is 23.8 Å². The number of morpholine rings is 1. The topological polar surface area (TPSA) is 68.3 Å². The van der Waals surface area contributed by atoms with Crippen LogP contribution in [-0.4, -0.2) is 72.4 Å². The van der Waals surface area contributed by atoms with Crippen molar-refractivity contribution in [3.8, 4) is 12.3 Å². The molecule has 0 N–H and O–H groups in total. The van der Waals surface area contributed by atoms with Crippen molar-refractivity contribution in [3.63, 3.8) is 0 Å². The van der Waals surface area contributed by atoms with Gasteiger partial charge in [-0.25, -0.2) is 4.79 Å². The van der Waals surface area contributed by atoms with Gasteiger partial charge in [0.05, 0.1) is 25.8 Å². The molecule has 7 nitrogen and oxygen atoms in total. The van der Waals surface area contributed by atoms with Gasteiger partial charge in [0.1, 0.15) is 17.7 Å². The number of carbonyl (C=O) groups excluding carboxylic acids is 2. The van der Waals surface area contributed by atoms with Crippen molar-refractivity contribution in [1.29, 1.82) is 0 Å². The number of rotatable bonds is 8. The molecule has 2 amide bonds. The van der Waals surface area contributed by atoms with Crippen LogP contribution in [0.3, 0.4) is 0 Å². The zero-order chi connectivity index (χ0) is 24.6. The molecule has 0 unspecified atom stereocenters. The van der Waals surface area contributed by atoms with Crippen LogP contribution in [0.4, 0.5) is 4.79 Å². The first-order valence-electron chi connectivity index (χ1n) is 12.3. The van der Waals surface area contributed by atoms with Gasteiger partial charge in [-0.05, 0) is 39.2 Å². The monoisotopic (exact) mass is 470 g/mol. The summed E-state index contributed by atoms with van der Waals surface area (Å²) in [5.41, 5.74) is 0.402. The lowest BCUT2D eigenvalue weighted by Gasteiger charge is -2.36. The van der Waals surface area contributed by atoms with Gasteiger partial charge in [-0.3, -0.25) is 9.69 Å². The van der Waals surface area contributed by atoms with E-state index >= 15 is 0 Å². The van der Waals surface area contributed by atoms with Crippen molar-refractivity contribution in [1.82, 2.24) is 9.80 Å². The molecule has 2 fully saturated rings. The van der Waals surface area contributed by atoms with Gasteiger partial charge in [-0.1, -0.05) is 36.8 Å². The highest BCUT2D eigenvalue weighted by Gasteiger charge is 2.44. The molecule has 186 valence electrons. The SMILES string of the molecule is C#CCCCCCO[C@H]1C[C@@H](C(=O)N2CCO[C@H](c3ccccc3)C2)N(C(=O)OC(C)(C)C)C1. The van der Waals surface area contributed by atoms with Crippen molar-refractivity contribution in [2.75, 3.05) is 32.8 Å². The number of ether oxygens (including phenoxy) is 3. The van der Waals surface area contributed by atoms with Crippen LogP contribution in [0.1, 0.15) is 64.5 Å². The average molecular weight is 471 g/mol. The largest absolute Gasteiger partial charge is 0.444 e. The summed E-state index contributed by atoms with van der Waals surface area (Å²) in [6.07, 6.45) is 8.59. The molecule has 0 bridgehead atoms. The Balaban J connectivity index is 1.64. The summed E-state index contributed by atoms with van der Waals surface area (Å²) in [5.74, 6) is 2.58. The molecule has 3 atom stereocenters. The van der Waals surface area contributed by atoms with Gasteiger partial charge >= 0.3 is 6.09 Å². The molecule has 2 aliphatic rings. The van der Waals surface area contributed by atoms with Gasteiger partial charge in [0.2, 0.25) is 5.91 Å². The second-order valence-corrected chi connectivity index (χ2v) is 9.95. The van der Waals surface area contributed by atoms with Crippen molar-refractivity contribution in [3.05, 3.63) is 35.9 Å². The Kier molecular flexibility index (Phi) is 9.37. The van der Waals surface area contributed by atoms with Crippen LogP contribution in [0.5, 0.6) is 0 Å². The van der Waals surface area contributed by atoms with E-state index in [4.69, 9.17) is 20.6 Å². The minimum atomic E-state index is -0.641. The first-order chi connectivity index (χ1) is 16.3. The summed E-state index contributed by atoms with van der Waals surface area (Å²) in [6, 6.07) is 9.31. The summed E-state index contributed by atoms with van der Waals surface area (Å²) < 4.78 is 17.6. The molecule has 0 spiro atoms. The van der Waals surface area contributed by atoms with E-state index in [0.29, 0.717) is 39.3 Å². The van der Waals surface area contributed by atoms with E-state index in [1.165, 1.54) is 0 Å². The number of benzene rings is 1. The number of carbonyl (C=O) groups is 2. The molecule has 1 aromatic carbocycles. The Labute approximate surface area is 203 Å². The van der Waals surface area contributed by atoms with E-state index in [1.54, 1.807) is 4.90 Å². The maximum absolute atomic E-state index is 13.6. The summed E-state index contributed by atoms with van der Waals surface area (Å²) in [6.45, 7) is 7.84. The molecule has 7 heteroatoms. The zero-order valence-corrected chi connectivity index (χ0v) is 20.7. The Hall–Kier alpha value is -2.56. The maximum Gasteiger partial charge on any atom is 0.411 e. The highest BCUT2D eigenvalue weighted by molar-refractivity contribution is 5.86. The summed E-state index contributed by atoms with van der Waals surface area (Å²) in [4.78, 5) is 29.9. The molecular formula is C27H38N2O5. The molecule has 2 aliphatic heterocycles. The van der Waals surface area contributed by atoms with Gasteiger partial charge < -0.3 is 19.1 Å². The second kappa shape index (κ2) is 12.2. The second-order valence-electron chi connectivity index (χ2n) is 9.95. The van der Waals surface area contributed by atoms with Gasteiger partial charge in [-0.15, -0.1) is 12.3 Å². The van der Waals surface area contributed by atoms with Gasteiger partial charge in [0.25, 0.3) is 0 Å². The number of nitrogens with zero attached hydrogens (tertiary/aromatic N) is 2. The fourth-order valence-electron chi connectivity index (χ4n) is 4.36. The number of amides is 2. The fourth-order valence-corrected chi connectivity index (χ4v) is 4.36. The number of hydrogen-bond acceptors (Lipinski definition) is 5. The van der Waals surface area contributed by atoms with E-state index < -0.39 is 17.7 Å². The highest BCUT2D eigenvalue weighted by atomic mass is 16.6. The van der Waals surface area contributed by atoms with Crippen molar-refractivity contribution >= 4 is 12.0 Å². The van der Waals surface area contributed by atoms with Crippen LogP contribution in [0.15, 0.2) is 30.3 Å². The zero-order valence-electron chi connectivity index (χ0n) is 20.7. The first kappa shape index (κ1) is 26.1. The van der Waals surface area contributed by atoms with Gasteiger partial charge in [-0.2, -0.15) is 0 Å². The third kappa shape index (κ3) is 7.48. The van der Waals surface area contributed by atoms with Crippen LogP contribution in [0, 0.1) is 12.3 Å². The molecule has 0 saturated carbocycles. The molecule has 2 saturated heterocycles. The van der Waals surface area contributed by atoms with E-state index in [0.717, 1.165) is 31.2 Å². The quantitative estimate of drug-likeness (QED) is 0.421. The Morgan fingerprint density at radius 2 is 1.91 bits per heavy atom. The molecule has 0 radical (unpaired) electrons. The van der Waals surface area contributed by atoms with E-state index in [2.05, 4.69) is 5.92 Å². The molecule has 2 heterocycles. The maximum atomic E-state index is 13.6. The number of likely N-dealkylation sites (tertiary alicyclic amines) is 1. The molecular weight excluding hydrogens is 432 g/mol. The van der Waals surface area contributed by atoms with Crippen LogP contribution in [0.2, 0.25) is 0 Å². The Morgan fingerprint density at radius 3 is 2.62 bits per heavy atom. The van der Waals surface area contributed by atoms with Crippen LogP contribution in [0.25, 0.3) is 0 Å². The van der Waals surface area contributed by atoms with Crippen LogP contribution >= 0.6 is 0 Å². The highest BCUT2D eigenvalue weighted by Crippen LogP contribution is 2.28. The predicted octanol–water partition coefficient (Wildman–Crippen LogP) is 4.17. The third-order valence-corrected chi connectivity index (χ3v) is 6.04. The summed E-state index contributed by atoms with van der Waals surface area (Å²) >= 11 is 0. The van der Waals surface area contributed by atoms with E-state index in [-0.39, 0.29) is 18.1 Å². The average Bonchev–Trinajstić information content (AvgIpc) is 3.25. The molecule has 3 rings (SSSR count). The van der Waals surface area contributed by atoms with Crippen molar-refractivity contribution in [2.24, 2.45) is 0 Å². The minimum Gasteiger partial charge on any atom is -0.444 e. The normalized spacial score (nSPS) is 22.9. The Morgan fingerprint density at radius 1 is 1.15 bits per heavy atom. The lowest BCUT2D eigenvalue weighted by molar-refractivity contribution is -0.143. The molecule has 0 aliphatic carbocycles. The number of hydrogen-bond donors (Lipinski definition) is 0. The predicted molar refractivity (Wildman–Crippen MR) is 130 cm³/mol. The fraction of sp³-hybridized carbons (Fsp3) is 0.630. The van der Waals surface area contributed by atoms with Gasteiger partial charge in [0, 0.05) is 26.0 Å². The lowest BCUT2D eigenvalue weighted by Crippen LogP contribution is -2.52. The summed E-state index contributed by atoms with van der Waals surface area (Å²) in [5, 5.41) is 0. The first-order valence-corrected chi connectivity index (χ1v) is 12.3.